The van der Waals surface area contributed by atoms with Crippen molar-refractivity contribution in [3.05, 3.63) is 0 Å². The zero-order chi connectivity index (χ0) is 9.52. The molecule has 4 heteroatoms. The Labute approximate surface area is 80.3 Å². The van der Waals surface area contributed by atoms with Gasteiger partial charge in [0.2, 0.25) is 0 Å². The van der Waals surface area contributed by atoms with Gasteiger partial charge in [-0.1, -0.05) is 38.5 Å². The SMILES string of the molecule is OB(O)OC1CCCCCCCC1. The van der Waals surface area contributed by atoms with Gasteiger partial charge in [-0.3, -0.25) is 0 Å². The van der Waals surface area contributed by atoms with Crippen molar-refractivity contribution in [2.45, 2.75) is 57.5 Å². The van der Waals surface area contributed by atoms with E-state index in [1.165, 1.54) is 25.7 Å². The third-order valence-electron chi connectivity index (χ3n) is 2.62. The van der Waals surface area contributed by atoms with Crippen LogP contribution in [0.25, 0.3) is 0 Å². The van der Waals surface area contributed by atoms with E-state index < -0.39 is 7.32 Å². The van der Waals surface area contributed by atoms with Gasteiger partial charge in [0, 0.05) is 6.10 Å². The second kappa shape index (κ2) is 6.41. The molecule has 0 atom stereocenters. The molecule has 1 aliphatic carbocycles. The van der Waals surface area contributed by atoms with Crippen LogP contribution in [0.5, 0.6) is 0 Å². The first kappa shape index (κ1) is 11.0. The van der Waals surface area contributed by atoms with E-state index in [-0.39, 0.29) is 6.10 Å². The fourth-order valence-corrected chi connectivity index (χ4v) is 1.90. The Bertz CT molecular complexity index is 120. The van der Waals surface area contributed by atoms with Gasteiger partial charge in [-0.2, -0.15) is 0 Å². The zero-order valence-electron chi connectivity index (χ0n) is 8.11. The first-order chi connectivity index (χ1) is 6.29. The normalized spacial score (nSPS) is 21.7. The lowest BCUT2D eigenvalue weighted by atomic mass is 10.1. The third kappa shape index (κ3) is 5.29. The Hall–Kier alpha value is -0.0551. The lowest BCUT2D eigenvalue weighted by Crippen LogP contribution is -2.25. The van der Waals surface area contributed by atoms with E-state index in [0.717, 1.165) is 25.7 Å². The van der Waals surface area contributed by atoms with Gasteiger partial charge < -0.3 is 14.7 Å². The van der Waals surface area contributed by atoms with Gasteiger partial charge in [0.1, 0.15) is 0 Å². The fourth-order valence-electron chi connectivity index (χ4n) is 1.90. The molecule has 1 rings (SSSR count). The predicted octanol–water partition coefficient (Wildman–Crippen LogP) is 1.48. The lowest BCUT2D eigenvalue weighted by Gasteiger charge is -2.16. The monoisotopic (exact) mass is 186 g/mol. The van der Waals surface area contributed by atoms with E-state index in [4.69, 9.17) is 14.7 Å². The number of rotatable bonds is 2. The molecule has 0 radical (unpaired) electrons. The summed E-state index contributed by atoms with van der Waals surface area (Å²) in [6.07, 6.45) is 9.42. The van der Waals surface area contributed by atoms with Crippen molar-refractivity contribution in [1.29, 1.82) is 0 Å². The Balaban J connectivity index is 2.24. The van der Waals surface area contributed by atoms with Crippen molar-refractivity contribution in [3.63, 3.8) is 0 Å². The molecule has 0 bridgehead atoms. The molecular formula is C9H19BO3. The number of hydrogen-bond acceptors (Lipinski definition) is 3. The molecular weight excluding hydrogens is 167 g/mol. The van der Waals surface area contributed by atoms with E-state index in [1.807, 2.05) is 0 Å². The Morgan fingerprint density at radius 2 is 1.31 bits per heavy atom. The minimum atomic E-state index is -1.59. The predicted molar refractivity (Wildman–Crippen MR) is 52.0 cm³/mol. The van der Waals surface area contributed by atoms with Crippen LogP contribution in [0.2, 0.25) is 0 Å². The Morgan fingerprint density at radius 1 is 0.846 bits per heavy atom. The Kier molecular flexibility index (Phi) is 5.43. The molecule has 0 aromatic carbocycles. The van der Waals surface area contributed by atoms with E-state index in [0.29, 0.717) is 0 Å². The third-order valence-corrected chi connectivity index (χ3v) is 2.62. The van der Waals surface area contributed by atoms with Gasteiger partial charge in [-0.25, -0.2) is 0 Å². The average molecular weight is 186 g/mol. The summed E-state index contributed by atoms with van der Waals surface area (Å²) >= 11 is 0. The highest BCUT2D eigenvalue weighted by Gasteiger charge is 2.17. The van der Waals surface area contributed by atoms with Crippen molar-refractivity contribution in [1.82, 2.24) is 0 Å². The van der Waals surface area contributed by atoms with Gasteiger partial charge in [-0.15, -0.1) is 0 Å². The largest absolute Gasteiger partial charge is 0.634 e. The minimum Gasteiger partial charge on any atom is -0.402 e. The van der Waals surface area contributed by atoms with Crippen LogP contribution in [-0.4, -0.2) is 23.5 Å². The highest BCUT2D eigenvalue weighted by molar-refractivity contribution is 6.32. The number of hydrogen-bond donors (Lipinski definition) is 2. The molecule has 1 fully saturated rings. The molecule has 0 heterocycles. The first-order valence-electron chi connectivity index (χ1n) is 5.30. The quantitative estimate of drug-likeness (QED) is 0.642. The molecule has 1 aliphatic rings. The molecule has 3 nitrogen and oxygen atoms in total. The van der Waals surface area contributed by atoms with Crippen molar-refractivity contribution in [3.8, 4) is 0 Å². The standard InChI is InChI=1S/C9H19BO3/c11-10(12)13-9-7-5-3-1-2-4-6-8-9/h9,11-12H,1-8H2. The molecule has 0 aromatic rings. The van der Waals surface area contributed by atoms with Crippen molar-refractivity contribution >= 4 is 7.32 Å². The van der Waals surface area contributed by atoms with Gasteiger partial charge in [0.25, 0.3) is 0 Å². The van der Waals surface area contributed by atoms with Crippen LogP contribution in [0.3, 0.4) is 0 Å². The molecule has 76 valence electrons. The van der Waals surface area contributed by atoms with Crippen molar-refractivity contribution < 1.29 is 14.7 Å². The topological polar surface area (TPSA) is 49.7 Å². The summed E-state index contributed by atoms with van der Waals surface area (Å²) < 4.78 is 4.99. The molecule has 0 unspecified atom stereocenters. The zero-order valence-corrected chi connectivity index (χ0v) is 8.11. The molecule has 2 N–H and O–H groups in total. The second-order valence-corrected chi connectivity index (χ2v) is 3.78. The molecule has 0 aliphatic heterocycles. The summed E-state index contributed by atoms with van der Waals surface area (Å²) in [5.41, 5.74) is 0. The molecule has 0 spiro atoms. The van der Waals surface area contributed by atoms with Crippen LogP contribution in [0, 0.1) is 0 Å². The summed E-state index contributed by atoms with van der Waals surface area (Å²) in [7, 11) is -1.59. The molecule has 1 saturated carbocycles. The van der Waals surface area contributed by atoms with Crippen LogP contribution in [0.1, 0.15) is 51.4 Å². The molecule has 0 aromatic heterocycles. The second-order valence-electron chi connectivity index (χ2n) is 3.78. The lowest BCUT2D eigenvalue weighted by molar-refractivity contribution is 0.102. The van der Waals surface area contributed by atoms with Crippen LogP contribution < -0.4 is 0 Å². The van der Waals surface area contributed by atoms with Gasteiger partial charge in [0.15, 0.2) is 0 Å². The summed E-state index contributed by atoms with van der Waals surface area (Å²) in [6.45, 7) is 0. The van der Waals surface area contributed by atoms with Crippen molar-refractivity contribution in [2.75, 3.05) is 0 Å². The van der Waals surface area contributed by atoms with Gasteiger partial charge in [0.05, 0.1) is 0 Å². The van der Waals surface area contributed by atoms with Crippen LogP contribution in [0.15, 0.2) is 0 Å². The molecule has 0 saturated heterocycles. The van der Waals surface area contributed by atoms with Crippen LogP contribution >= 0.6 is 0 Å². The Morgan fingerprint density at radius 3 is 1.77 bits per heavy atom. The summed E-state index contributed by atoms with van der Waals surface area (Å²) in [5, 5.41) is 17.3. The van der Waals surface area contributed by atoms with E-state index in [9.17, 15) is 0 Å². The van der Waals surface area contributed by atoms with E-state index in [2.05, 4.69) is 0 Å². The van der Waals surface area contributed by atoms with E-state index >= 15 is 0 Å². The minimum absolute atomic E-state index is 0.0538. The van der Waals surface area contributed by atoms with E-state index in [1.54, 1.807) is 0 Å². The van der Waals surface area contributed by atoms with Crippen LogP contribution in [0.4, 0.5) is 0 Å². The summed E-state index contributed by atoms with van der Waals surface area (Å²) in [6, 6.07) is 0. The molecule has 13 heavy (non-hydrogen) atoms. The van der Waals surface area contributed by atoms with Gasteiger partial charge >= 0.3 is 7.32 Å². The maximum Gasteiger partial charge on any atom is 0.634 e. The maximum atomic E-state index is 8.67. The smallest absolute Gasteiger partial charge is 0.402 e. The average Bonchev–Trinajstić information content (AvgIpc) is 2.17. The molecule has 0 amide bonds. The first-order valence-corrected chi connectivity index (χ1v) is 5.30. The maximum absolute atomic E-state index is 8.67. The van der Waals surface area contributed by atoms with Gasteiger partial charge in [-0.05, 0) is 12.8 Å². The highest BCUT2D eigenvalue weighted by atomic mass is 16.6. The van der Waals surface area contributed by atoms with Crippen molar-refractivity contribution in [2.24, 2.45) is 0 Å². The summed E-state index contributed by atoms with van der Waals surface area (Å²) in [5.74, 6) is 0. The summed E-state index contributed by atoms with van der Waals surface area (Å²) in [4.78, 5) is 0. The highest BCUT2D eigenvalue weighted by Crippen LogP contribution is 2.19. The van der Waals surface area contributed by atoms with Crippen LogP contribution in [-0.2, 0) is 4.65 Å². The fraction of sp³-hybridized carbons (Fsp3) is 1.00.